The van der Waals surface area contributed by atoms with Crippen LogP contribution in [-0.2, 0) is 0 Å². The van der Waals surface area contributed by atoms with Gasteiger partial charge in [0.1, 0.15) is 0 Å². The summed E-state index contributed by atoms with van der Waals surface area (Å²) in [5.74, 6) is 1.26. The van der Waals surface area contributed by atoms with Crippen molar-refractivity contribution in [2.75, 3.05) is 25.1 Å². The van der Waals surface area contributed by atoms with Crippen molar-refractivity contribution in [3.63, 3.8) is 0 Å². The van der Waals surface area contributed by atoms with Gasteiger partial charge in [0, 0.05) is 13.2 Å². The number of aliphatic hydroxyl groups excluding tert-OH is 1. The summed E-state index contributed by atoms with van der Waals surface area (Å²) >= 11 is 5.86. The Hall–Kier alpha value is -1.14. The van der Waals surface area contributed by atoms with Gasteiger partial charge in [-0.05, 0) is 42.7 Å². The Kier molecular flexibility index (Phi) is 5.79. The smallest absolute Gasteiger partial charge is 0.322 e. The fraction of sp³-hybridized carbons (Fsp3) is 0.769. The fourth-order valence-electron chi connectivity index (χ4n) is 2.51. The Morgan fingerprint density at radius 1 is 1.30 bits per heavy atom. The molecule has 1 saturated carbocycles. The first-order valence-electron chi connectivity index (χ1n) is 7.12. The molecular weight excluding hydrogens is 280 g/mol. The van der Waals surface area contributed by atoms with Crippen molar-refractivity contribution in [1.82, 2.24) is 15.0 Å². The number of halogens is 1. The summed E-state index contributed by atoms with van der Waals surface area (Å²) in [6, 6.07) is 0.250. The van der Waals surface area contributed by atoms with Crippen molar-refractivity contribution in [2.45, 2.75) is 32.6 Å². The molecule has 0 radical (unpaired) electrons. The van der Waals surface area contributed by atoms with Gasteiger partial charge in [-0.1, -0.05) is 13.3 Å². The number of rotatable bonds is 7. The third kappa shape index (κ3) is 4.18. The van der Waals surface area contributed by atoms with Crippen LogP contribution < -0.4 is 10.1 Å². The standard InChI is InChI=1S/C13H21ClN4O2/c1-2-6-20-13-17-11(14)16-12(18-13)15-7-9-4-3-5-10(9)8-19/h9-10,19H,2-8H2,1H3,(H,15,16,17,18). The molecule has 1 fully saturated rings. The third-order valence-electron chi connectivity index (χ3n) is 3.60. The molecular formula is C13H21ClN4O2. The molecule has 0 spiro atoms. The van der Waals surface area contributed by atoms with E-state index in [-0.39, 0.29) is 17.9 Å². The average Bonchev–Trinajstić information content (AvgIpc) is 2.90. The highest BCUT2D eigenvalue weighted by Gasteiger charge is 2.26. The molecule has 0 aromatic carbocycles. The fourth-order valence-corrected chi connectivity index (χ4v) is 2.67. The lowest BCUT2D eigenvalue weighted by Gasteiger charge is -2.17. The van der Waals surface area contributed by atoms with Crippen LogP contribution >= 0.6 is 11.6 Å². The minimum atomic E-state index is 0.124. The summed E-state index contributed by atoms with van der Waals surface area (Å²) < 4.78 is 5.36. The van der Waals surface area contributed by atoms with Crippen LogP contribution in [0.4, 0.5) is 5.95 Å². The van der Waals surface area contributed by atoms with Crippen LogP contribution in [-0.4, -0.2) is 39.8 Å². The molecule has 1 aromatic rings. The van der Waals surface area contributed by atoms with Crippen molar-refractivity contribution in [3.8, 4) is 6.01 Å². The van der Waals surface area contributed by atoms with Gasteiger partial charge in [-0.2, -0.15) is 15.0 Å². The van der Waals surface area contributed by atoms with E-state index in [1.807, 2.05) is 6.92 Å². The molecule has 6 nitrogen and oxygen atoms in total. The van der Waals surface area contributed by atoms with Crippen LogP contribution in [0.3, 0.4) is 0 Å². The van der Waals surface area contributed by atoms with Crippen molar-refractivity contribution >= 4 is 17.5 Å². The average molecular weight is 301 g/mol. The van der Waals surface area contributed by atoms with Crippen LogP contribution in [0, 0.1) is 11.8 Å². The van der Waals surface area contributed by atoms with Gasteiger partial charge >= 0.3 is 6.01 Å². The Morgan fingerprint density at radius 2 is 2.10 bits per heavy atom. The van der Waals surface area contributed by atoms with Gasteiger partial charge in [0.15, 0.2) is 0 Å². The highest BCUT2D eigenvalue weighted by Crippen LogP contribution is 2.31. The van der Waals surface area contributed by atoms with Gasteiger partial charge in [0.05, 0.1) is 6.61 Å². The van der Waals surface area contributed by atoms with E-state index in [1.54, 1.807) is 0 Å². The van der Waals surface area contributed by atoms with E-state index in [2.05, 4.69) is 20.3 Å². The van der Waals surface area contributed by atoms with Crippen LogP contribution in [0.5, 0.6) is 6.01 Å². The molecule has 2 rings (SSSR count). The second-order valence-corrected chi connectivity index (χ2v) is 5.41. The van der Waals surface area contributed by atoms with Gasteiger partial charge in [-0.25, -0.2) is 0 Å². The predicted molar refractivity (Wildman–Crippen MR) is 77.0 cm³/mol. The molecule has 0 bridgehead atoms. The Balaban J connectivity index is 1.93. The molecule has 112 valence electrons. The minimum absolute atomic E-state index is 0.124. The molecule has 2 N–H and O–H groups in total. The number of aliphatic hydroxyl groups is 1. The van der Waals surface area contributed by atoms with E-state index in [0.717, 1.165) is 25.8 Å². The Bertz CT molecular complexity index is 433. The van der Waals surface area contributed by atoms with E-state index < -0.39 is 0 Å². The zero-order chi connectivity index (χ0) is 14.4. The monoisotopic (exact) mass is 300 g/mol. The minimum Gasteiger partial charge on any atom is -0.463 e. The molecule has 1 aromatic heterocycles. The number of hydrogen-bond donors (Lipinski definition) is 2. The lowest BCUT2D eigenvalue weighted by Crippen LogP contribution is -2.21. The largest absolute Gasteiger partial charge is 0.463 e. The summed E-state index contributed by atoms with van der Waals surface area (Å²) in [7, 11) is 0. The molecule has 2 unspecified atom stereocenters. The number of nitrogens with zero attached hydrogens (tertiary/aromatic N) is 3. The van der Waals surface area contributed by atoms with Crippen LogP contribution in [0.2, 0.25) is 5.28 Å². The van der Waals surface area contributed by atoms with E-state index in [1.165, 1.54) is 6.42 Å². The summed E-state index contributed by atoms with van der Waals surface area (Å²) in [5.41, 5.74) is 0. The molecule has 1 aliphatic rings. The van der Waals surface area contributed by atoms with Gasteiger partial charge in [-0.15, -0.1) is 0 Å². The number of anilines is 1. The second-order valence-electron chi connectivity index (χ2n) is 5.07. The third-order valence-corrected chi connectivity index (χ3v) is 3.77. The summed E-state index contributed by atoms with van der Waals surface area (Å²) in [4.78, 5) is 12.1. The lowest BCUT2D eigenvalue weighted by atomic mass is 9.97. The molecule has 7 heteroatoms. The molecule has 1 heterocycles. The SMILES string of the molecule is CCCOc1nc(Cl)nc(NCC2CCCC2CO)n1. The van der Waals surface area contributed by atoms with E-state index in [4.69, 9.17) is 16.3 Å². The maximum absolute atomic E-state index is 9.31. The maximum atomic E-state index is 9.31. The molecule has 20 heavy (non-hydrogen) atoms. The second kappa shape index (κ2) is 7.59. The van der Waals surface area contributed by atoms with Gasteiger partial charge in [0.2, 0.25) is 11.2 Å². The highest BCUT2D eigenvalue weighted by atomic mass is 35.5. The predicted octanol–water partition coefficient (Wildman–Crippen LogP) is 2.13. The first kappa shape index (κ1) is 15.3. The van der Waals surface area contributed by atoms with Crippen LogP contribution in [0.15, 0.2) is 0 Å². The Labute approximate surface area is 123 Å². The topological polar surface area (TPSA) is 80.2 Å². The van der Waals surface area contributed by atoms with Crippen LogP contribution in [0.25, 0.3) is 0 Å². The number of nitrogens with one attached hydrogen (secondary N) is 1. The molecule has 2 atom stereocenters. The molecule has 0 aliphatic heterocycles. The van der Waals surface area contributed by atoms with Crippen molar-refractivity contribution in [1.29, 1.82) is 0 Å². The zero-order valence-electron chi connectivity index (χ0n) is 11.7. The summed E-state index contributed by atoms with van der Waals surface area (Å²) in [5, 5.41) is 12.6. The number of ether oxygens (including phenoxy) is 1. The zero-order valence-corrected chi connectivity index (χ0v) is 12.4. The van der Waals surface area contributed by atoms with Crippen molar-refractivity contribution in [2.24, 2.45) is 11.8 Å². The maximum Gasteiger partial charge on any atom is 0.322 e. The Morgan fingerprint density at radius 3 is 2.85 bits per heavy atom. The first-order valence-corrected chi connectivity index (χ1v) is 7.49. The van der Waals surface area contributed by atoms with Crippen molar-refractivity contribution < 1.29 is 9.84 Å². The summed E-state index contributed by atoms with van der Waals surface area (Å²) in [6.07, 6.45) is 4.26. The molecule has 0 saturated heterocycles. The highest BCUT2D eigenvalue weighted by molar-refractivity contribution is 6.28. The van der Waals surface area contributed by atoms with Gasteiger partial charge < -0.3 is 15.2 Å². The van der Waals surface area contributed by atoms with Crippen molar-refractivity contribution in [3.05, 3.63) is 5.28 Å². The van der Waals surface area contributed by atoms with E-state index >= 15 is 0 Å². The lowest BCUT2D eigenvalue weighted by molar-refractivity contribution is 0.198. The van der Waals surface area contributed by atoms with Gasteiger partial charge in [0.25, 0.3) is 0 Å². The number of hydrogen-bond acceptors (Lipinski definition) is 6. The van der Waals surface area contributed by atoms with Gasteiger partial charge in [-0.3, -0.25) is 0 Å². The summed E-state index contributed by atoms with van der Waals surface area (Å²) in [6.45, 7) is 3.54. The molecule has 1 aliphatic carbocycles. The molecule has 0 amide bonds. The van der Waals surface area contributed by atoms with E-state index in [0.29, 0.717) is 24.4 Å². The van der Waals surface area contributed by atoms with E-state index in [9.17, 15) is 5.11 Å². The van der Waals surface area contributed by atoms with Crippen LogP contribution in [0.1, 0.15) is 32.6 Å². The first-order chi connectivity index (χ1) is 9.72. The normalized spacial score (nSPS) is 21.9. The quantitative estimate of drug-likeness (QED) is 0.803. The number of aromatic nitrogens is 3.